The van der Waals surface area contributed by atoms with Crippen molar-refractivity contribution in [3.05, 3.63) is 30.0 Å². The Morgan fingerprint density at radius 3 is 2.39 bits per heavy atom. The van der Waals surface area contributed by atoms with Gasteiger partial charge in [0.25, 0.3) is 0 Å². The minimum Gasteiger partial charge on any atom is -0.384 e. The Balaban J connectivity index is 2.68. The van der Waals surface area contributed by atoms with Gasteiger partial charge in [-0.3, -0.25) is 5.10 Å². The molecular weight excluding hydrogens is 264 g/mol. The van der Waals surface area contributed by atoms with Gasteiger partial charge < -0.3 is 5.73 Å². The number of anilines is 1. The maximum atomic E-state index is 13.8. The number of benzene rings is 1. The molecule has 0 spiro atoms. The highest BCUT2D eigenvalue weighted by atomic mass is 32.2. The Morgan fingerprint density at radius 1 is 1.22 bits per heavy atom. The zero-order chi connectivity index (χ0) is 13.5. The van der Waals surface area contributed by atoms with Gasteiger partial charge in [-0.2, -0.15) is 5.10 Å². The summed E-state index contributed by atoms with van der Waals surface area (Å²) in [7, 11) is -3.82. The number of sulfone groups is 1. The number of nitrogens with zero attached hydrogens (tertiary/aromatic N) is 1. The third-order valence-electron chi connectivity index (χ3n) is 2.38. The van der Waals surface area contributed by atoms with Gasteiger partial charge in [0.2, 0.25) is 0 Å². The fourth-order valence-corrected chi connectivity index (χ4v) is 2.26. The van der Waals surface area contributed by atoms with E-state index in [4.69, 9.17) is 5.73 Å². The van der Waals surface area contributed by atoms with Crippen molar-refractivity contribution < 1.29 is 17.2 Å². The van der Waals surface area contributed by atoms with Gasteiger partial charge in [-0.1, -0.05) is 0 Å². The maximum Gasteiger partial charge on any atom is 0.178 e. The van der Waals surface area contributed by atoms with Crippen LogP contribution in [0.25, 0.3) is 11.1 Å². The van der Waals surface area contributed by atoms with E-state index in [1.54, 1.807) is 0 Å². The van der Waals surface area contributed by atoms with E-state index in [1.165, 1.54) is 6.20 Å². The van der Waals surface area contributed by atoms with Crippen LogP contribution in [0.2, 0.25) is 0 Å². The molecule has 1 aromatic heterocycles. The highest BCUT2D eigenvalue weighted by Gasteiger charge is 2.19. The van der Waals surface area contributed by atoms with Crippen LogP contribution in [0.3, 0.4) is 0 Å². The quantitative estimate of drug-likeness (QED) is 0.864. The van der Waals surface area contributed by atoms with Crippen LogP contribution in [0.5, 0.6) is 0 Å². The fourth-order valence-electron chi connectivity index (χ4n) is 1.53. The molecule has 2 aromatic rings. The summed E-state index contributed by atoms with van der Waals surface area (Å²) in [4.78, 5) is -0.689. The SMILES string of the molecule is CS(=O)(=O)c1cc(F)c(-c2cn[nH]c2N)cc1F. The van der Waals surface area contributed by atoms with Crippen molar-refractivity contribution in [2.75, 3.05) is 12.0 Å². The molecule has 8 heteroatoms. The second kappa shape index (κ2) is 4.05. The molecule has 0 radical (unpaired) electrons. The Kier molecular flexibility index (Phi) is 2.81. The molecule has 0 aliphatic heterocycles. The number of nitrogen functional groups attached to an aromatic ring is 1. The van der Waals surface area contributed by atoms with Crippen LogP contribution in [0, 0.1) is 11.6 Å². The van der Waals surface area contributed by atoms with Crippen LogP contribution in [0.1, 0.15) is 0 Å². The average molecular weight is 273 g/mol. The summed E-state index contributed by atoms with van der Waals surface area (Å²) in [6.45, 7) is 0. The van der Waals surface area contributed by atoms with Crippen molar-refractivity contribution in [1.82, 2.24) is 10.2 Å². The zero-order valence-electron chi connectivity index (χ0n) is 9.24. The standard InChI is InChI=1S/C10H9F2N3O2S/c1-18(16,17)9-3-7(11)5(2-8(9)12)6-4-14-15-10(6)13/h2-4H,1H3,(H3,13,14,15). The van der Waals surface area contributed by atoms with E-state index < -0.39 is 26.4 Å². The minimum atomic E-state index is -3.82. The number of H-pyrrole nitrogens is 1. The van der Waals surface area contributed by atoms with Crippen LogP contribution >= 0.6 is 0 Å². The number of aromatic nitrogens is 2. The second-order valence-electron chi connectivity index (χ2n) is 3.73. The molecule has 1 aromatic carbocycles. The van der Waals surface area contributed by atoms with Gasteiger partial charge in [0.05, 0.1) is 6.20 Å². The lowest BCUT2D eigenvalue weighted by Gasteiger charge is -2.06. The number of hydrogen-bond donors (Lipinski definition) is 2. The van der Waals surface area contributed by atoms with E-state index in [-0.39, 0.29) is 16.9 Å². The second-order valence-corrected chi connectivity index (χ2v) is 5.72. The van der Waals surface area contributed by atoms with Crippen molar-refractivity contribution in [3.63, 3.8) is 0 Å². The van der Waals surface area contributed by atoms with Crippen LogP contribution in [0.15, 0.2) is 23.2 Å². The first-order valence-electron chi connectivity index (χ1n) is 4.79. The summed E-state index contributed by atoms with van der Waals surface area (Å²) < 4.78 is 49.8. The molecule has 2 rings (SSSR count). The third-order valence-corrected chi connectivity index (χ3v) is 3.49. The van der Waals surface area contributed by atoms with Gasteiger partial charge in [0, 0.05) is 17.4 Å². The van der Waals surface area contributed by atoms with E-state index in [9.17, 15) is 17.2 Å². The average Bonchev–Trinajstić information content (AvgIpc) is 2.66. The monoisotopic (exact) mass is 273 g/mol. The highest BCUT2D eigenvalue weighted by Crippen LogP contribution is 2.29. The van der Waals surface area contributed by atoms with Crippen molar-refractivity contribution in [2.24, 2.45) is 0 Å². The van der Waals surface area contributed by atoms with Crippen LogP contribution < -0.4 is 5.73 Å². The molecule has 0 saturated heterocycles. The van der Waals surface area contributed by atoms with Gasteiger partial charge in [0.1, 0.15) is 22.3 Å². The molecule has 0 aliphatic carbocycles. The molecule has 18 heavy (non-hydrogen) atoms. The number of hydrogen-bond acceptors (Lipinski definition) is 4. The lowest BCUT2D eigenvalue weighted by atomic mass is 10.1. The lowest BCUT2D eigenvalue weighted by molar-refractivity contribution is 0.557. The molecule has 0 saturated carbocycles. The number of nitrogens with two attached hydrogens (primary N) is 1. The molecular formula is C10H9F2N3O2S. The van der Waals surface area contributed by atoms with Gasteiger partial charge >= 0.3 is 0 Å². The molecule has 3 N–H and O–H groups in total. The molecule has 5 nitrogen and oxygen atoms in total. The van der Waals surface area contributed by atoms with Crippen LogP contribution in [0.4, 0.5) is 14.6 Å². The highest BCUT2D eigenvalue weighted by molar-refractivity contribution is 7.90. The predicted molar refractivity (Wildman–Crippen MR) is 61.5 cm³/mol. The summed E-state index contributed by atoms with van der Waals surface area (Å²) in [6.07, 6.45) is 2.03. The summed E-state index contributed by atoms with van der Waals surface area (Å²) in [6, 6.07) is 1.42. The minimum absolute atomic E-state index is 0.0698. The van der Waals surface area contributed by atoms with E-state index in [0.29, 0.717) is 6.07 Å². The Hall–Kier alpha value is -1.96. The Bertz CT molecular complexity index is 710. The van der Waals surface area contributed by atoms with E-state index in [0.717, 1.165) is 12.3 Å². The van der Waals surface area contributed by atoms with E-state index >= 15 is 0 Å². The van der Waals surface area contributed by atoms with Gasteiger partial charge in [-0.25, -0.2) is 17.2 Å². The molecule has 0 unspecified atom stereocenters. The number of rotatable bonds is 2. The fraction of sp³-hybridized carbons (Fsp3) is 0.100. The Morgan fingerprint density at radius 2 is 1.89 bits per heavy atom. The molecule has 0 aliphatic rings. The van der Waals surface area contributed by atoms with E-state index in [2.05, 4.69) is 10.2 Å². The number of nitrogens with one attached hydrogen (secondary N) is 1. The Labute approximate surface area is 102 Å². The van der Waals surface area contributed by atoms with Crippen LogP contribution in [-0.4, -0.2) is 24.9 Å². The first kappa shape index (κ1) is 12.5. The maximum absolute atomic E-state index is 13.8. The first-order chi connectivity index (χ1) is 8.30. The van der Waals surface area contributed by atoms with Crippen molar-refractivity contribution in [2.45, 2.75) is 4.90 Å². The summed E-state index contributed by atoms with van der Waals surface area (Å²) in [5.41, 5.74) is 5.52. The topological polar surface area (TPSA) is 88.8 Å². The molecule has 0 fully saturated rings. The van der Waals surface area contributed by atoms with Crippen LogP contribution in [-0.2, 0) is 9.84 Å². The summed E-state index contributed by atoms with van der Waals surface area (Å²) >= 11 is 0. The molecule has 0 amide bonds. The van der Waals surface area contributed by atoms with Gasteiger partial charge in [-0.15, -0.1) is 0 Å². The number of aromatic amines is 1. The van der Waals surface area contributed by atoms with Crippen molar-refractivity contribution in [1.29, 1.82) is 0 Å². The van der Waals surface area contributed by atoms with Gasteiger partial charge in [-0.05, 0) is 12.1 Å². The molecule has 0 atom stereocenters. The molecule has 0 bridgehead atoms. The largest absolute Gasteiger partial charge is 0.384 e. The number of halogens is 2. The molecule has 1 heterocycles. The predicted octanol–water partition coefficient (Wildman–Crippen LogP) is 1.34. The van der Waals surface area contributed by atoms with E-state index in [1.807, 2.05) is 0 Å². The lowest BCUT2D eigenvalue weighted by Crippen LogP contribution is -2.03. The van der Waals surface area contributed by atoms with Gasteiger partial charge in [0.15, 0.2) is 9.84 Å². The van der Waals surface area contributed by atoms with Crippen molar-refractivity contribution >= 4 is 15.7 Å². The normalized spacial score (nSPS) is 11.7. The van der Waals surface area contributed by atoms with Crippen molar-refractivity contribution in [3.8, 4) is 11.1 Å². The zero-order valence-corrected chi connectivity index (χ0v) is 10.1. The third kappa shape index (κ3) is 2.06. The summed E-state index contributed by atoms with van der Waals surface area (Å²) in [5, 5.41) is 5.96. The molecule has 96 valence electrons. The smallest absolute Gasteiger partial charge is 0.178 e. The first-order valence-corrected chi connectivity index (χ1v) is 6.68. The summed E-state index contributed by atoms with van der Waals surface area (Å²) in [5.74, 6) is -1.85.